The van der Waals surface area contributed by atoms with Gasteiger partial charge < -0.3 is 19.9 Å². The second-order valence-corrected chi connectivity index (χ2v) is 11.1. The van der Waals surface area contributed by atoms with Crippen LogP contribution in [0.1, 0.15) is 67.4 Å². The molecule has 3 aliphatic rings. The molecule has 3 heterocycles. The molecule has 3 fully saturated rings. The minimum atomic E-state index is -0.244. The molecular formula is C29H33ClN6O4. The van der Waals surface area contributed by atoms with Gasteiger partial charge in [0.25, 0.3) is 5.91 Å². The van der Waals surface area contributed by atoms with Gasteiger partial charge in [-0.3, -0.25) is 14.4 Å². The highest BCUT2D eigenvalue weighted by molar-refractivity contribution is 6.31. The predicted molar refractivity (Wildman–Crippen MR) is 148 cm³/mol. The van der Waals surface area contributed by atoms with E-state index in [2.05, 4.69) is 20.4 Å². The maximum atomic E-state index is 12.8. The van der Waals surface area contributed by atoms with E-state index >= 15 is 0 Å². The van der Waals surface area contributed by atoms with Gasteiger partial charge in [-0.05, 0) is 62.8 Å². The molecule has 2 saturated heterocycles. The molecule has 1 N–H and O–H groups in total. The lowest BCUT2D eigenvalue weighted by molar-refractivity contribution is -0.138. The third-order valence-electron chi connectivity index (χ3n) is 8.06. The molecule has 2 aromatic rings. The average molecular weight is 565 g/mol. The molecule has 2 aliphatic heterocycles. The van der Waals surface area contributed by atoms with E-state index in [0.29, 0.717) is 61.2 Å². The second-order valence-electron chi connectivity index (χ2n) is 10.7. The quantitative estimate of drug-likeness (QED) is 0.564. The van der Waals surface area contributed by atoms with E-state index in [-0.39, 0.29) is 41.4 Å². The first-order valence-corrected chi connectivity index (χ1v) is 14.3. The minimum Gasteiger partial charge on any atom is -0.490 e. The maximum Gasteiger partial charge on any atom is 0.272 e. The molecule has 0 bridgehead atoms. The van der Waals surface area contributed by atoms with Crippen LogP contribution in [-0.4, -0.2) is 71.0 Å². The second kappa shape index (κ2) is 12.6. The highest BCUT2D eigenvalue weighted by Crippen LogP contribution is 2.28. The number of benzene rings is 1. The van der Waals surface area contributed by atoms with Crippen molar-refractivity contribution in [2.45, 2.75) is 63.5 Å². The average Bonchev–Trinajstić information content (AvgIpc) is 2.98. The van der Waals surface area contributed by atoms with Crippen molar-refractivity contribution in [3.8, 4) is 11.8 Å². The number of nitriles is 1. The molecule has 1 aromatic heterocycles. The van der Waals surface area contributed by atoms with Gasteiger partial charge in [-0.25, -0.2) is 0 Å². The fraction of sp³-hybridized carbons (Fsp3) is 0.517. The van der Waals surface area contributed by atoms with Crippen molar-refractivity contribution in [2.75, 3.05) is 31.1 Å². The number of nitrogens with zero attached hydrogens (tertiary/aromatic N) is 5. The van der Waals surface area contributed by atoms with Gasteiger partial charge in [0.2, 0.25) is 5.91 Å². The van der Waals surface area contributed by atoms with Gasteiger partial charge in [0.15, 0.2) is 11.5 Å². The summed E-state index contributed by atoms with van der Waals surface area (Å²) in [5, 5.41) is 20.9. The third kappa shape index (κ3) is 6.70. The van der Waals surface area contributed by atoms with Crippen LogP contribution in [0.2, 0.25) is 5.02 Å². The fourth-order valence-electron chi connectivity index (χ4n) is 5.64. The van der Waals surface area contributed by atoms with Crippen molar-refractivity contribution in [1.29, 1.82) is 5.26 Å². The molecule has 10 nitrogen and oxygen atoms in total. The van der Waals surface area contributed by atoms with Crippen molar-refractivity contribution in [2.24, 2.45) is 5.92 Å². The molecule has 1 aliphatic carbocycles. The van der Waals surface area contributed by atoms with Gasteiger partial charge in [0, 0.05) is 57.0 Å². The number of nitrogens with one attached hydrogen (secondary N) is 1. The topological polar surface area (TPSA) is 129 Å². The molecular weight excluding hydrogens is 532 g/mol. The third-order valence-corrected chi connectivity index (χ3v) is 8.37. The lowest BCUT2D eigenvalue weighted by atomic mass is 9.92. The Bertz CT molecular complexity index is 1270. The van der Waals surface area contributed by atoms with Crippen molar-refractivity contribution in [3.63, 3.8) is 0 Å². The molecule has 1 saturated carbocycles. The summed E-state index contributed by atoms with van der Waals surface area (Å²) >= 11 is 6.10. The number of Topliss-reactive ketones (excluding diaryl/α,β-unsaturated/α-hetero) is 1. The van der Waals surface area contributed by atoms with Crippen LogP contribution in [0.5, 0.6) is 5.75 Å². The van der Waals surface area contributed by atoms with Gasteiger partial charge >= 0.3 is 0 Å². The SMILES string of the molecule is N#Cc1ccc(OC2CCC(NC(=O)c3ccc(N4CCC(C(=O)N5CCC(=O)CC5)CC4)nn3)CC2)cc1Cl. The zero-order valence-corrected chi connectivity index (χ0v) is 23.1. The number of amides is 2. The van der Waals surface area contributed by atoms with E-state index in [4.69, 9.17) is 21.6 Å². The summed E-state index contributed by atoms with van der Waals surface area (Å²) in [4.78, 5) is 41.0. The van der Waals surface area contributed by atoms with Gasteiger partial charge in [-0.2, -0.15) is 5.26 Å². The standard InChI is InChI=1S/C29H33ClN6O4/c30-25-17-24(4-1-20(25)18-31)40-23-5-2-21(3-6-23)32-28(38)26-7-8-27(34-33-26)35-13-9-19(10-14-35)29(39)36-15-11-22(37)12-16-36/h1,4,7-8,17,19,21,23H,2-3,5-6,9-16H2,(H,32,38). The normalized spacial score (nSPS) is 21.9. The summed E-state index contributed by atoms with van der Waals surface area (Å²) < 4.78 is 6.03. The molecule has 0 radical (unpaired) electrons. The Morgan fingerprint density at radius 3 is 2.33 bits per heavy atom. The van der Waals surface area contributed by atoms with E-state index < -0.39 is 0 Å². The number of hydrogen-bond acceptors (Lipinski definition) is 8. The maximum absolute atomic E-state index is 12.8. The number of carbonyl (C=O) groups excluding carboxylic acids is 3. The van der Waals surface area contributed by atoms with Crippen LogP contribution in [0.15, 0.2) is 30.3 Å². The van der Waals surface area contributed by atoms with Crippen LogP contribution in [0.3, 0.4) is 0 Å². The van der Waals surface area contributed by atoms with Crippen LogP contribution in [-0.2, 0) is 9.59 Å². The molecule has 5 rings (SSSR count). The van der Waals surface area contributed by atoms with Crippen LogP contribution in [0.25, 0.3) is 0 Å². The van der Waals surface area contributed by atoms with Crippen LogP contribution < -0.4 is 15.0 Å². The zero-order valence-electron chi connectivity index (χ0n) is 22.4. The number of hydrogen-bond donors (Lipinski definition) is 1. The molecule has 210 valence electrons. The van der Waals surface area contributed by atoms with Gasteiger partial charge in [0.05, 0.1) is 16.7 Å². The lowest BCUT2D eigenvalue weighted by Crippen LogP contribution is -2.45. The van der Waals surface area contributed by atoms with Crippen LogP contribution >= 0.6 is 11.6 Å². The number of likely N-dealkylation sites (tertiary alicyclic amines) is 1. The number of aromatic nitrogens is 2. The van der Waals surface area contributed by atoms with E-state index in [1.54, 1.807) is 24.3 Å². The minimum absolute atomic E-state index is 0.0233. The van der Waals surface area contributed by atoms with Gasteiger partial charge in [-0.15, -0.1) is 10.2 Å². The fourth-order valence-corrected chi connectivity index (χ4v) is 5.85. The van der Waals surface area contributed by atoms with Crippen molar-refractivity contribution >= 4 is 35.0 Å². The molecule has 2 amide bonds. The predicted octanol–water partition coefficient (Wildman–Crippen LogP) is 3.53. The lowest BCUT2D eigenvalue weighted by Gasteiger charge is -2.35. The number of anilines is 1. The number of piperidine rings is 2. The van der Waals surface area contributed by atoms with Gasteiger partial charge in [-0.1, -0.05) is 11.6 Å². The van der Waals surface area contributed by atoms with Gasteiger partial charge in [0.1, 0.15) is 17.6 Å². The molecule has 0 unspecified atom stereocenters. The first kappa shape index (κ1) is 27.8. The smallest absolute Gasteiger partial charge is 0.272 e. The Balaban J connectivity index is 1.05. The summed E-state index contributed by atoms with van der Waals surface area (Å²) in [6.07, 6.45) is 5.58. The molecule has 0 spiro atoms. The van der Waals surface area contributed by atoms with Crippen molar-refractivity contribution < 1.29 is 19.1 Å². The summed E-state index contributed by atoms with van der Waals surface area (Å²) in [7, 11) is 0. The monoisotopic (exact) mass is 564 g/mol. The number of ketones is 1. The summed E-state index contributed by atoms with van der Waals surface area (Å²) in [6, 6.07) is 10.7. The number of halogens is 1. The number of ether oxygens (including phenoxy) is 1. The van der Waals surface area contributed by atoms with Crippen molar-refractivity contribution in [1.82, 2.24) is 20.4 Å². The Morgan fingerprint density at radius 1 is 0.975 bits per heavy atom. The Hall–Kier alpha value is -3.71. The molecule has 11 heteroatoms. The Kier molecular flexibility index (Phi) is 8.80. The molecule has 1 aromatic carbocycles. The summed E-state index contributed by atoms with van der Waals surface area (Å²) in [6.45, 7) is 2.47. The number of rotatable bonds is 6. The zero-order chi connectivity index (χ0) is 28.1. The van der Waals surface area contributed by atoms with Crippen molar-refractivity contribution in [3.05, 3.63) is 46.6 Å². The highest BCUT2D eigenvalue weighted by atomic mass is 35.5. The van der Waals surface area contributed by atoms with E-state index in [0.717, 1.165) is 38.5 Å². The van der Waals surface area contributed by atoms with E-state index in [9.17, 15) is 14.4 Å². The first-order valence-electron chi connectivity index (χ1n) is 14.0. The Morgan fingerprint density at radius 2 is 1.70 bits per heavy atom. The highest BCUT2D eigenvalue weighted by Gasteiger charge is 2.31. The number of carbonyl (C=O) groups is 3. The van der Waals surface area contributed by atoms with E-state index in [1.165, 1.54) is 0 Å². The summed E-state index contributed by atoms with van der Waals surface area (Å²) in [5.74, 6) is 1.47. The van der Waals surface area contributed by atoms with Crippen LogP contribution in [0.4, 0.5) is 5.82 Å². The van der Waals surface area contributed by atoms with Crippen LogP contribution in [0, 0.1) is 17.2 Å². The molecule has 0 atom stereocenters. The van der Waals surface area contributed by atoms with E-state index in [1.807, 2.05) is 17.0 Å². The largest absolute Gasteiger partial charge is 0.490 e. The molecule has 40 heavy (non-hydrogen) atoms. The Labute approximate surface area is 238 Å². The first-order chi connectivity index (χ1) is 19.4. The summed E-state index contributed by atoms with van der Waals surface area (Å²) in [5.41, 5.74) is 0.695.